The molecule has 0 unspecified atom stereocenters. The van der Waals surface area contributed by atoms with Crippen LogP contribution in [0.25, 0.3) is 33.3 Å². The van der Waals surface area contributed by atoms with Crippen molar-refractivity contribution >= 4 is 16.7 Å². The zero-order valence-electron chi connectivity index (χ0n) is 22.3. The van der Waals surface area contributed by atoms with Crippen LogP contribution in [-0.4, -0.2) is 45.3 Å². The molecule has 1 saturated heterocycles. The molecular formula is C31H36N4O2. The number of benzene rings is 2. The van der Waals surface area contributed by atoms with Crippen LogP contribution in [-0.2, 0) is 22.5 Å². The number of ether oxygens (including phenoxy) is 1. The van der Waals surface area contributed by atoms with Gasteiger partial charge in [-0.05, 0) is 31.2 Å². The molecule has 4 heterocycles. The van der Waals surface area contributed by atoms with E-state index in [-0.39, 0.29) is 5.91 Å². The molecule has 6 rings (SSSR count). The van der Waals surface area contributed by atoms with Gasteiger partial charge in [0.1, 0.15) is 0 Å². The molecule has 192 valence electrons. The van der Waals surface area contributed by atoms with Crippen molar-refractivity contribution in [2.75, 3.05) is 19.8 Å². The van der Waals surface area contributed by atoms with Crippen molar-refractivity contribution in [3.8, 4) is 22.5 Å². The maximum Gasteiger partial charge on any atom is 0.219 e. The number of nitrogens with zero attached hydrogens (tertiary/aromatic N) is 4. The van der Waals surface area contributed by atoms with E-state index in [1.54, 1.807) is 6.92 Å². The Kier molecular flexibility index (Phi) is 7.38. The molecule has 1 fully saturated rings. The summed E-state index contributed by atoms with van der Waals surface area (Å²) in [5.41, 5.74) is 7.82. The third kappa shape index (κ3) is 4.90. The Bertz CT molecular complexity index is 1400. The zero-order valence-corrected chi connectivity index (χ0v) is 22.3. The van der Waals surface area contributed by atoms with Crippen LogP contribution in [0.4, 0.5) is 0 Å². The van der Waals surface area contributed by atoms with Crippen LogP contribution in [0.3, 0.4) is 0 Å². The molecule has 0 saturated carbocycles. The topological polar surface area (TPSA) is 60.2 Å². The average molecular weight is 497 g/mol. The van der Waals surface area contributed by atoms with Crippen LogP contribution in [0.2, 0.25) is 0 Å². The smallest absolute Gasteiger partial charge is 0.219 e. The third-order valence-corrected chi connectivity index (χ3v) is 7.44. The van der Waals surface area contributed by atoms with Gasteiger partial charge in [-0.25, -0.2) is 0 Å². The number of aromatic nitrogens is 3. The van der Waals surface area contributed by atoms with E-state index in [1.807, 2.05) is 24.9 Å². The van der Waals surface area contributed by atoms with E-state index >= 15 is 0 Å². The Hall–Kier alpha value is -3.51. The molecule has 2 aromatic carbocycles. The highest BCUT2D eigenvalue weighted by molar-refractivity contribution is 5.97. The first-order valence-electron chi connectivity index (χ1n) is 13.5. The lowest BCUT2D eigenvalue weighted by Gasteiger charge is -2.29. The van der Waals surface area contributed by atoms with E-state index in [0.717, 1.165) is 72.3 Å². The fourth-order valence-electron chi connectivity index (χ4n) is 5.42. The van der Waals surface area contributed by atoms with Gasteiger partial charge >= 0.3 is 0 Å². The van der Waals surface area contributed by atoms with Crippen LogP contribution in [0.5, 0.6) is 0 Å². The number of amides is 1. The summed E-state index contributed by atoms with van der Waals surface area (Å²) < 4.78 is 7.86. The van der Waals surface area contributed by atoms with Gasteiger partial charge in [-0.1, -0.05) is 61.9 Å². The molecule has 6 nitrogen and oxygen atoms in total. The molecule has 0 bridgehead atoms. The van der Waals surface area contributed by atoms with Gasteiger partial charge in [-0.3, -0.25) is 14.5 Å². The van der Waals surface area contributed by atoms with Crippen molar-refractivity contribution in [1.82, 2.24) is 19.7 Å². The lowest BCUT2D eigenvalue weighted by molar-refractivity contribution is -0.129. The number of pyridine rings is 1. The lowest BCUT2D eigenvalue weighted by atomic mass is 9.96. The van der Waals surface area contributed by atoms with Gasteiger partial charge < -0.3 is 9.64 Å². The van der Waals surface area contributed by atoms with E-state index < -0.39 is 0 Å². The number of hydrogen-bond acceptors (Lipinski definition) is 4. The van der Waals surface area contributed by atoms with E-state index in [2.05, 4.69) is 60.1 Å². The van der Waals surface area contributed by atoms with Gasteiger partial charge in [-0.2, -0.15) is 5.10 Å². The monoisotopic (exact) mass is 496 g/mol. The standard InChI is InChI=1S/C29H30N4O2.C2H6/c1-19-6-8-21(9-7-19)27-16-22-4-3-5-24(25(22)17-30-27)29-26-18-32(20(2)34)13-10-28(26)33(31-29)23-11-14-35-15-12-23;1-2/h3-9,16-17,23H,10-15,18H2,1-2H3;1-2H3. The summed E-state index contributed by atoms with van der Waals surface area (Å²) in [6.07, 6.45) is 4.76. The van der Waals surface area contributed by atoms with Crippen molar-refractivity contribution in [1.29, 1.82) is 0 Å². The molecule has 1 amide bonds. The van der Waals surface area contributed by atoms with Gasteiger partial charge in [0.2, 0.25) is 5.91 Å². The second kappa shape index (κ2) is 10.9. The predicted molar refractivity (Wildman–Crippen MR) is 148 cm³/mol. The van der Waals surface area contributed by atoms with Crippen LogP contribution in [0.1, 0.15) is 56.5 Å². The molecule has 0 aliphatic carbocycles. The predicted octanol–water partition coefficient (Wildman–Crippen LogP) is 6.36. The molecule has 0 spiro atoms. The summed E-state index contributed by atoms with van der Waals surface area (Å²) >= 11 is 0. The Morgan fingerprint density at radius 3 is 2.54 bits per heavy atom. The number of carbonyl (C=O) groups excluding carboxylic acids is 1. The summed E-state index contributed by atoms with van der Waals surface area (Å²) in [6, 6.07) is 17.4. The highest BCUT2D eigenvalue weighted by atomic mass is 16.5. The molecule has 2 aromatic heterocycles. The van der Waals surface area contributed by atoms with Gasteiger partial charge in [-0.15, -0.1) is 0 Å². The first kappa shape index (κ1) is 25.2. The van der Waals surface area contributed by atoms with E-state index in [0.29, 0.717) is 12.6 Å². The van der Waals surface area contributed by atoms with Crippen molar-refractivity contribution < 1.29 is 9.53 Å². The Morgan fingerprint density at radius 2 is 1.81 bits per heavy atom. The minimum absolute atomic E-state index is 0.114. The fourth-order valence-corrected chi connectivity index (χ4v) is 5.42. The van der Waals surface area contributed by atoms with Crippen LogP contribution >= 0.6 is 0 Å². The minimum Gasteiger partial charge on any atom is -0.381 e. The van der Waals surface area contributed by atoms with Crippen molar-refractivity contribution in [3.05, 3.63) is 71.5 Å². The minimum atomic E-state index is 0.114. The number of hydrogen-bond donors (Lipinski definition) is 0. The maximum atomic E-state index is 12.2. The summed E-state index contributed by atoms with van der Waals surface area (Å²) in [5.74, 6) is 0.114. The first-order chi connectivity index (χ1) is 18.1. The summed E-state index contributed by atoms with van der Waals surface area (Å²) in [6.45, 7) is 10.6. The van der Waals surface area contributed by atoms with E-state index in [4.69, 9.17) is 14.8 Å². The van der Waals surface area contributed by atoms with Crippen molar-refractivity contribution in [3.63, 3.8) is 0 Å². The Morgan fingerprint density at radius 1 is 1.05 bits per heavy atom. The lowest BCUT2D eigenvalue weighted by Crippen LogP contribution is -2.35. The molecule has 4 aromatic rings. The normalized spacial score (nSPS) is 15.7. The quantitative estimate of drug-likeness (QED) is 0.331. The summed E-state index contributed by atoms with van der Waals surface area (Å²) in [4.78, 5) is 19.0. The van der Waals surface area contributed by atoms with Gasteiger partial charge in [0.25, 0.3) is 0 Å². The second-order valence-corrected chi connectivity index (χ2v) is 9.71. The summed E-state index contributed by atoms with van der Waals surface area (Å²) in [5, 5.41) is 7.44. The van der Waals surface area contributed by atoms with Gasteiger partial charge in [0.15, 0.2) is 0 Å². The number of rotatable bonds is 3. The third-order valence-electron chi connectivity index (χ3n) is 7.44. The van der Waals surface area contributed by atoms with Crippen LogP contribution in [0, 0.1) is 6.92 Å². The largest absolute Gasteiger partial charge is 0.381 e. The molecular weight excluding hydrogens is 460 g/mol. The second-order valence-electron chi connectivity index (χ2n) is 9.71. The number of carbonyl (C=O) groups is 1. The van der Waals surface area contributed by atoms with Crippen molar-refractivity contribution in [2.24, 2.45) is 0 Å². The van der Waals surface area contributed by atoms with E-state index in [1.165, 1.54) is 16.8 Å². The van der Waals surface area contributed by atoms with Crippen LogP contribution < -0.4 is 0 Å². The molecule has 0 N–H and O–H groups in total. The highest BCUT2D eigenvalue weighted by Gasteiger charge is 2.30. The zero-order chi connectivity index (χ0) is 25.9. The summed E-state index contributed by atoms with van der Waals surface area (Å²) in [7, 11) is 0. The number of aryl methyl sites for hydroxylation is 1. The first-order valence-corrected chi connectivity index (χ1v) is 13.5. The average Bonchev–Trinajstić information content (AvgIpc) is 3.33. The Balaban J connectivity index is 0.00000137. The number of fused-ring (bicyclic) bond motifs is 2. The van der Waals surface area contributed by atoms with Crippen molar-refractivity contribution in [2.45, 2.75) is 59.5 Å². The van der Waals surface area contributed by atoms with Gasteiger partial charge in [0, 0.05) is 73.6 Å². The highest BCUT2D eigenvalue weighted by Crippen LogP contribution is 2.37. The molecule has 0 radical (unpaired) electrons. The fraction of sp³-hybridized carbons (Fsp3) is 0.387. The maximum absolute atomic E-state index is 12.2. The SMILES string of the molecule is CC.CC(=O)N1CCc2c(c(-c3cccc4cc(-c5ccc(C)cc5)ncc34)nn2C2CCOCC2)C1. The molecule has 37 heavy (non-hydrogen) atoms. The molecule has 2 aliphatic rings. The van der Waals surface area contributed by atoms with E-state index in [9.17, 15) is 4.79 Å². The molecule has 2 aliphatic heterocycles. The van der Waals surface area contributed by atoms with Crippen LogP contribution in [0.15, 0.2) is 54.7 Å². The van der Waals surface area contributed by atoms with Gasteiger partial charge in [0.05, 0.1) is 17.4 Å². The molecule has 0 atom stereocenters. The Labute approximate surface area is 219 Å². The molecule has 6 heteroatoms.